The molecule has 0 unspecified atom stereocenters. The quantitative estimate of drug-likeness (QED) is 0.685. The normalized spacial score (nSPS) is 26.6. The molecule has 0 aromatic heterocycles. The molecule has 1 aliphatic heterocycles. The van der Waals surface area contributed by atoms with Crippen LogP contribution in [0.25, 0.3) is 0 Å². The van der Waals surface area contributed by atoms with E-state index in [0.29, 0.717) is 5.71 Å². The second kappa shape index (κ2) is 6.41. The smallest absolute Gasteiger partial charge is 0.392 e. The molecule has 0 saturated heterocycles. The topological polar surface area (TPSA) is 50.7 Å². The van der Waals surface area contributed by atoms with Crippen LogP contribution in [0.5, 0.6) is 0 Å². The Morgan fingerprint density at radius 2 is 1.50 bits per heavy atom. The molecule has 0 bridgehead atoms. The molecular weight excluding hydrogens is 411 g/mol. The summed E-state index contributed by atoms with van der Waals surface area (Å²) in [6, 6.07) is -1.24. The summed E-state index contributed by atoms with van der Waals surface area (Å²) in [5.74, 6) is -24.1. The number of halogens is 9. The summed E-state index contributed by atoms with van der Waals surface area (Å²) in [5.41, 5.74) is -0.321. The van der Waals surface area contributed by atoms with E-state index in [2.05, 4.69) is 5.16 Å². The van der Waals surface area contributed by atoms with Crippen molar-refractivity contribution in [3.63, 3.8) is 0 Å². The lowest BCUT2D eigenvalue weighted by Gasteiger charge is -2.34. The van der Waals surface area contributed by atoms with Gasteiger partial charge in [0.05, 0.1) is 11.6 Å². The molecule has 2 rings (SSSR count). The number of hydrogen-bond donors (Lipinski definition) is 1. The molecule has 2 aliphatic rings. The van der Waals surface area contributed by atoms with Gasteiger partial charge < -0.3 is 10.2 Å². The number of amides is 1. The maximum Gasteiger partial charge on any atom is 0.460 e. The van der Waals surface area contributed by atoms with Crippen LogP contribution >= 0.6 is 0 Å². The molecule has 3 atom stereocenters. The van der Waals surface area contributed by atoms with Gasteiger partial charge in [0.15, 0.2) is 0 Å². The van der Waals surface area contributed by atoms with E-state index >= 15 is 0 Å². The second-order valence-corrected chi connectivity index (χ2v) is 7.77. The van der Waals surface area contributed by atoms with Gasteiger partial charge in [0.2, 0.25) is 0 Å². The van der Waals surface area contributed by atoms with Crippen LogP contribution in [-0.2, 0) is 9.63 Å². The lowest BCUT2D eigenvalue weighted by molar-refractivity contribution is -0.388. The van der Waals surface area contributed by atoms with Gasteiger partial charge in [0.1, 0.15) is 6.10 Å². The second-order valence-electron chi connectivity index (χ2n) is 7.77. The minimum absolute atomic E-state index is 0.0342. The van der Waals surface area contributed by atoms with Crippen molar-refractivity contribution in [2.75, 3.05) is 0 Å². The van der Waals surface area contributed by atoms with Crippen LogP contribution in [0.3, 0.4) is 0 Å². The van der Waals surface area contributed by atoms with Crippen molar-refractivity contribution in [1.29, 1.82) is 0 Å². The summed E-state index contributed by atoms with van der Waals surface area (Å²) in [6.07, 6.45) is -7.47. The van der Waals surface area contributed by atoms with Gasteiger partial charge in [0, 0.05) is 11.5 Å². The standard InChI is InChI=1S/C15H17F9N2O2/c1-11(2,3)9-8-6(4-5-7(8)28-26-9)25-10(27)12(16,17)13(18,19)14(20,21)15(22,23)24/h6-8H,4-5H2,1-3H3,(H,25,27)/t6-,7-,8+/m0/s1. The SMILES string of the molecule is CC(C)(C)C1=NO[C@H]2CC[C@H](NC(=O)C(F)(F)C(F)(F)C(F)(F)C(F)(F)F)[C@@H]12. The van der Waals surface area contributed by atoms with Crippen LogP contribution in [-0.4, -0.2) is 47.7 Å². The first-order valence-electron chi connectivity index (χ1n) is 8.11. The monoisotopic (exact) mass is 428 g/mol. The van der Waals surface area contributed by atoms with E-state index in [-0.39, 0.29) is 12.8 Å². The first-order chi connectivity index (χ1) is 12.4. The molecule has 1 amide bonds. The zero-order valence-corrected chi connectivity index (χ0v) is 14.8. The highest BCUT2D eigenvalue weighted by Gasteiger charge is 2.83. The minimum atomic E-state index is -7.12. The third kappa shape index (κ3) is 3.30. The zero-order chi connectivity index (χ0) is 21.9. The van der Waals surface area contributed by atoms with E-state index in [4.69, 9.17) is 4.84 Å². The van der Waals surface area contributed by atoms with Crippen LogP contribution < -0.4 is 5.32 Å². The van der Waals surface area contributed by atoms with E-state index in [1.54, 1.807) is 20.8 Å². The Kier molecular flexibility index (Phi) is 5.17. The number of carbonyl (C=O) groups is 1. The van der Waals surface area contributed by atoms with Crippen molar-refractivity contribution in [2.45, 2.75) is 69.7 Å². The molecule has 0 spiro atoms. The Hall–Kier alpha value is -1.69. The fraction of sp³-hybridized carbons (Fsp3) is 0.867. The highest BCUT2D eigenvalue weighted by atomic mass is 19.4. The van der Waals surface area contributed by atoms with Gasteiger partial charge in [-0.2, -0.15) is 39.5 Å². The van der Waals surface area contributed by atoms with E-state index < -0.39 is 53.3 Å². The molecule has 0 aromatic rings. The van der Waals surface area contributed by atoms with Gasteiger partial charge in [-0.25, -0.2) is 0 Å². The van der Waals surface area contributed by atoms with Crippen molar-refractivity contribution in [3.05, 3.63) is 0 Å². The number of nitrogens with one attached hydrogen (secondary N) is 1. The third-order valence-corrected chi connectivity index (χ3v) is 4.71. The first kappa shape index (κ1) is 22.6. The van der Waals surface area contributed by atoms with Crippen molar-refractivity contribution < 1.29 is 49.1 Å². The van der Waals surface area contributed by atoms with Crippen LogP contribution in [0, 0.1) is 11.3 Å². The molecule has 0 radical (unpaired) electrons. The van der Waals surface area contributed by atoms with Crippen LogP contribution in [0.15, 0.2) is 5.16 Å². The number of alkyl halides is 9. The number of carbonyl (C=O) groups excluding carboxylic acids is 1. The van der Waals surface area contributed by atoms with Gasteiger partial charge in [-0.1, -0.05) is 25.9 Å². The maximum absolute atomic E-state index is 13.7. The molecule has 28 heavy (non-hydrogen) atoms. The molecule has 1 aliphatic carbocycles. The lowest BCUT2D eigenvalue weighted by Crippen LogP contribution is -2.66. The molecule has 4 nitrogen and oxygen atoms in total. The van der Waals surface area contributed by atoms with Gasteiger partial charge in [-0.15, -0.1) is 0 Å². The summed E-state index contributed by atoms with van der Waals surface area (Å²) < 4.78 is 117. The van der Waals surface area contributed by atoms with Crippen molar-refractivity contribution in [2.24, 2.45) is 16.5 Å². The Morgan fingerprint density at radius 1 is 0.964 bits per heavy atom. The average Bonchev–Trinajstić information content (AvgIpc) is 3.07. The summed E-state index contributed by atoms with van der Waals surface area (Å²) in [4.78, 5) is 16.8. The molecule has 1 heterocycles. The highest BCUT2D eigenvalue weighted by molar-refractivity contribution is 5.94. The van der Waals surface area contributed by atoms with Crippen molar-refractivity contribution in [3.8, 4) is 0 Å². The average molecular weight is 428 g/mol. The molecule has 162 valence electrons. The van der Waals surface area contributed by atoms with Crippen LogP contribution in [0.4, 0.5) is 39.5 Å². The van der Waals surface area contributed by atoms with E-state index in [1.807, 2.05) is 0 Å². The lowest BCUT2D eigenvalue weighted by atomic mass is 9.79. The predicted molar refractivity (Wildman–Crippen MR) is 77.3 cm³/mol. The number of nitrogens with zero attached hydrogens (tertiary/aromatic N) is 1. The van der Waals surface area contributed by atoms with Crippen LogP contribution in [0.1, 0.15) is 33.6 Å². The van der Waals surface area contributed by atoms with Crippen molar-refractivity contribution in [1.82, 2.24) is 5.32 Å². The largest absolute Gasteiger partial charge is 0.460 e. The summed E-state index contributed by atoms with van der Waals surface area (Å²) >= 11 is 0. The zero-order valence-electron chi connectivity index (χ0n) is 14.8. The van der Waals surface area contributed by atoms with Gasteiger partial charge >= 0.3 is 23.9 Å². The third-order valence-electron chi connectivity index (χ3n) is 4.71. The van der Waals surface area contributed by atoms with E-state index in [9.17, 15) is 44.3 Å². The molecule has 1 saturated carbocycles. The molecule has 13 heteroatoms. The Balaban J connectivity index is 2.25. The Bertz CT molecular complexity index is 667. The van der Waals surface area contributed by atoms with Crippen LogP contribution in [0.2, 0.25) is 0 Å². The molecule has 0 aromatic carbocycles. The predicted octanol–water partition coefficient (Wildman–Crippen LogP) is 4.15. The van der Waals surface area contributed by atoms with Gasteiger partial charge in [0.25, 0.3) is 5.91 Å². The summed E-state index contributed by atoms with van der Waals surface area (Å²) in [7, 11) is 0. The van der Waals surface area contributed by atoms with E-state index in [1.165, 1.54) is 5.32 Å². The minimum Gasteiger partial charge on any atom is -0.392 e. The van der Waals surface area contributed by atoms with Crippen molar-refractivity contribution >= 4 is 11.6 Å². The Labute approximate surface area is 153 Å². The first-order valence-corrected chi connectivity index (χ1v) is 8.11. The number of hydrogen-bond acceptors (Lipinski definition) is 3. The summed E-state index contributed by atoms with van der Waals surface area (Å²) in [6.45, 7) is 5.05. The van der Waals surface area contributed by atoms with Gasteiger partial charge in [-0.3, -0.25) is 4.79 Å². The Morgan fingerprint density at radius 3 is 1.96 bits per heavy atom. The highest BCUT2D eigenvalue weighted by Crippen LogP contribution is 2.53. The fourth-order valence-corrected chi connectivity index (χ4v) is 3.21. The molecule has 1 N–H and O–H groups in total. The number of rotatable bonds is 4. The molecular formula is C15H17F9N2O2. The number of fused-ring (bicyclic) bond motifs is 1. The van der Waals surface area contributed by atoms with Gasteiger partial charge in [-0.05, 0) is 12.8 Å². The van der Waals surface area contributed by atoms with E-state index in [0.717, 1.165) is 0 Å². The number of oxime groups is 1. The maximum atomic E-state index is 13.7. The fourth-order valence-electron chi connectivity index (χ4n) is 3.21. The summed E-state index contributed by atoms with van der Waals surface area (Å²) in [5, 5.41) is 5.28. The molecule has 1 fully saturated rings.